The summed E-state index contributed by atoms with van der Waals surface area (Å²) in [5, 5.41) is 0. The van der Waals surface area contributed by atoms with Crippen LogP contribution in [0.1, 0.15) is 56.7 Å². The summed E-state index contributed by atoms with van der Waals surface area (Å²) in [6.45, 7) is 0. The Bertz CT molecular complexity index is 620. The van der Waals surface area contributed by atoms with Crippen molar-refractivity contribution in [1.82, 2.24) is 19.5 Å². The molecule has 0 spiro atoms. The number of hydrogen-bond donors (Lipinski definition) is 1. The summed E-state index contributed by atoms with van der Waals surface area (Å²) >= 11 is 0. The highest BCUT2D eigenvalue weighted by atomic mass is 16.1. The van der Waals surface area contributed by atoms with Gasteiger partial charge < -0.3 is 9.55 Å². The summed E-state index contributed by atoms with van der Waals surface area (Å²) in [5.41, 5.74) is 1.03. The number of nitrogens with zero attached hydrogens (tertiary/aromatic N) is 3. The molecular formula is C14H20N4O. The van der Waals surface area contributed by atoms with Crippen LogP contribution in [-0.2, 0) is 7.05 Å². The van der Waals surface area contributed by atoms with E-state index in [1.807, 2.05) is 11.6 Å². The Balaban J connectivity index is 1.98. The molecule has 1 fully saturated rings. The van der Waals surface area contributed by atoms with Gasteiger partial charge >= 0.3 is 0 Å². The number of aromatic amines is 1. The second-order valence-electron chi connectivity index (χ2n) is 5.52. The molecule has 0 radical (unpaired) electrons. The normalized spacial score (nSPS) is 18.4. The Hall–Kier alpha value is -1.65. The van der Waals surface area contributed by atoms with Crippen molar-refractivity contribution in [2.45, 2.75) is 50.9 Å². The highest BCUT2D eigenvalue weighted by molar-refractivity contribution is 5.69. The Morgan fingerprint density at radius 1 is 1.21 bits per heavy atom. The third kappa shape index (κ3) is 2.41. The molecule has 1 N–H and O–H groups in total. The summed E-state index contributed by atoms with van der Waals surface area (Å²) in [6, 6.07) is 0. The van der Waals surface area contributed by atoms with Crippen LogP contribution in [0.15, 0.2) is 11.1 Å². The number of aromatic nitrogens is 4. The van der Waals surface area contributed by atoms with Crippen LogP contribution in [0.2, 0.25) is 0 Å². The third-order valence-corrected chi connectivity index (χ3v) is 4.08. The topological polar surface area (TPSA) is 63.6 Å². The Morgan fingerprint density at radius 3 is 2.63 bits per heavy atom. The van der Waals surface area contributed by atoms with Crippen LogP contribution in [0.5, 0.6) is 0 Å². The van der Waals surface area contributed by atoms with E-state index >= 15 is 0 Å². The van der Waals surface area contributed by atoms with Gasteiger partial charge in [0.2, 0.25) is 0 Å². The van der Waals surface area contributed by atoms with Crippen LogP contribution in [0, 0.1) is 0 Å². The number of fused-ring (bicyclic) bond motifs is 1. The van der Waals surface area contributed by atoms with Crippen molar-refractivity contribution in [3.63, 3.8) is 0 Å². The molecule has 0 atom stereocenters. The van der Waals surface area contributed by atoms with Crippen LogP contribution < -0.4 is 5.56 Å². The van der Waals surface area contributed by atoms with Gasteiger partial charge in [0.25, 0.3) is 5.56 Å². The van der Waals surface area contributed by atoms with E-state index in [1.54, 1.807) is 6.33 Å². The monoisotopic (exact) mass is 260 g/mol. The van der Waals surface area contributed by atoms with Gasteiger partial charge in [0.05, 0.1) is 6.33 Å². The van der Waals surface area contributed by atoms with Crippen LogP contribution in [0.25, 0.3) is 11.2 Å². The molecular weight excluding hydrogens is 240 g/mol. The van der Waals surface area contributed by atoms with Gasteiger partial charge in [0.15, 0.2) is 11.2 Å². The van der Waals surface area contributed by atoms with Gasteiger partial charge in [0, 0.05) is 13.0 Å². The van der Waals surface area contributed by atoms with E-state index < -0.39 is 0 Å². The lowest BCUT2D eigenvalue weighted by Crippen LogP contribution is -2.16. The smallest absolute Gasteiger partial charge is 0.279 e. The first-order valence-corrected chi connectivity index (χ1v) is 7.17. The van der Waals surface area contributed by atoms with Crippen molar-refractivity contribution >= 4 is 11.2 Å². The van der Waals surface area contributed by atoms with Gasteiger partial charge in [0.1, 0.15) is 5.82 Å². The Labute approximate surface area is 112 Å². The number of imidazole rings is 1. The molecule has 0 aromatic carbocycles. The van der Waals surface area contributed by atoms with Crippen molar-refractivity contribution < 1.29 is 0 Å². The molecule has 102 valence electrons. The first-order chi connectivity index (χ1) is 9.25. The molecule has 3 rings (SSSR count). The predicted molar refractivity (Wildman–Crippen MR) is 74.2 cm³/mol. The molecule has 0 aliphatic heterocycles. The lowest BCUT2D eigenvalue weighted by atomic mass is 9.90. The van der Waals surface area contributed by atoms with Gasteiger partial charge in [-0.25, -0.2) is 9.97 Å². The molecule has 1 aliphatic rings. The molecule has 0 saturated heterocycles. The molecule has 1 saturated carbocycles. The van der Waals surface area contributed by atoms with Crippen molar-refractivity contribution in [3.05, 3.63) is 22.5 Å². The molecule has 5 heteroatoms. The van der Waals surface area contributed by atoms with Crippen LogP contribution in [0.4, 0.5) is 0 Å². The average Bonchev–Trinajstić information content (AvgIpc) is 2.71. The molecule has 2 heterocycles. The fraction of sp³-hybridized carbons (Fsp3) is 0.643. The quantitative estimate of drug-likeness (QED) is 0.856. The molecule has 0 unspecified atom stereocenters. The second kappa shape index (κ2) is 5.15. The summed E-state index contributed by atoms with van der Waals surface area (Å²) in [7, 11) is 1.88. The van der Waals surface area contributed by atoms with Crippen LogP contribution >= 0.6 is 0 Å². The van der Waals surface area contributed by atoms with E-state index in [1.165, 1.54) is 32.1 Å². The van der Waals surface area contributed by atoms with Crippen LogP contribution in [0.3, 0.4) is 0 Å². The standard InChI is InChI=1S/C14H20N4O/c1-18-9-15-11-13(18)16-12(17-14(11)19)10-7-5-3-2-4-6-8-10/h9-10H,2-8H2,1H3,(H,16,17,19). The first kappa shape index (κ1) is 12.4. The molecule has 0 bridgehead atoms. The van der Waals surface area contributed by atoms with E-state index in [-0.39, 0.29) is 5.56 Å². The van der Waals surface area contributed by atoms with E-state index in [0.29, 0.717) is 17.1 Å². The highest BCUT2D eigenvalue weighted by Gasteiger charge is 2.18. The van der Waals surface area contributed by atoms with Crippen molar-refractivity contribution in [2.75, 3.05) is 0 Å². The van der Waals surface area contributed by atoms with Gasteiger partial charge in [-0.2, -0.15) is 0 Å². The molecule has 19 heavy (non-hydrogen) atoms. The van der Waals surface area contributed by atoms with Crippen molar-refractivity contribution in [3.8, 4) is 0 Å². The number of nitrogens with one attached hydrogen (secondary N) is 1. The summed E-state index contributed by atoms with van der Waals surface area (Å²) in [5.74, 6) is 1.25. The van der Waals surface area contributed by atoms with E-state index in [9.17, 15) is 4.79 Å². The van der Waals surface area contributed by atoms with Crippen molar-refractivity contribution in [2.24, 2.45) is 7.05 Å². The summed E-state index contributed by atoms with van der Waals surface area (Å²) in [4.78, 5) is 23.7. The fourth-order valence-corrected chi connectivity index (χ4v) is 2.96. The zero-order valence-corrected chi connectivity index (χ0v) is 11.4. The Kier molecular flexibility index (Phi) is 3.36. The molecule has 5 nitrogen and oxygen atoms in total. The van der Waals surface area contributed by atoms with Gasteiger partial charge in [-0.05, 0) is 12.8 Å². The molecule has 1 aliphatic carbocycles. The number of rotatable bonds is 1. The molecule has 2 aromatic rings. The van der Waals surface area contributed by atoms with Crippen molar-refractivity contribution in [1.29, 1.82) is 0 Å². The van der Waals surface area contributed by atoms with E-state index in [0.717, 1.165) is 18.7 Å². The first-order valence-electron chi connectivity index (χ1n) is 7.17. The lowest BCUT2D eigenvalue weighted by molar-refractivity contribution is 0.442. The van der Waals surface area contributed by atoms with Gasteiger partial charge in [-0.15, -0.1) is 0 Å². The SMILES string of the molecule is Cn1cnc2c(=O)[nH]c(C3CCCCCCC3)nc21. The summed E-state index contributed by atoms with van der Waals surface area (Å²) in [6.07, 6.45) is 10.3. The lowest BCUT2D eigenvalue weighted by Gasteiger charge is -2.18. The zero-order valence-electron chi connectivity index (χ0n) is 11.4. The largest absolute Gasteiger partial charge is 0.318 e. The van der Waals surface area contributed by atoms with Gasteiger partial charge in [-0.1, -0.05) is 32.1 Å². The second-order valence-corrected chi connectivity index (χ2v) is 5.52. The number of aryl methyl sites for hydroxylation is 1. The Morgan fingerprint density at radius 2 is 1.89 bits per heavy atom. The average molecular weight is 260 g/mol. The third-order valence-electron chi connectivity index (χ3n) is 4.08. The highest BCUT2D eigenvalue weighted by Crippen LogP contribution is 2.28. The minimum absolute atomic E-state index is 0.109. The van der Waals surface area contributed by atoms with Crippen LogP contribution in [-0.4, -0.2) is 19.5 Å². The minimum atomic E-state index is -0.109. The minimum Gasteiger partial charge on any atom is -0.318 e. The predicted octanol–water partition coefficient (Wildman–Crippen LogP) is 2.48. The maximum Gasteiger partial charge on any atom is 0.279 e. The van der Waals surface area contributed by atoms with Gasteiger partial charge in [-0.3, -0.25) is 4.79 Å². The maximum atomic E-state index is 12.0. The number of H-pyrrole nitrogens is 1. The molecule has 0 amide bonds. The molecule has 2 aromatic heterocycles. The maximum absolute atomic E-state index is 12.0. The number of hydrogen-bond acceptors (Lipinski definition) is 3. The van der Waals surface area contributed by atoms with E-state index in [4.69, 9.17) is 0 Å². The zero-order chi connectivity index (χ0) is 13.2. The van der Waals surface area contributed by atoms with E-state index in [2.05, 4.69) is 15.0 Å². The summed E-state index contributed by atoms with van der Waals surface area (Å²) < 4.78 is 1.82. The fourth-order valence-electron chi connectivity index (χ4n) is 2.96.